The van der Waals surface area contributed by atoms with Crippen LogP contribution in [0.15, 0.2) is 17.2 Å². The van der Waals surface area contributed by atoms with E-state index < -0.39 is 18.0 Å². The second-order valence-corrected chi connectivity index (χ2v) is 6.16. The Labute approximate surface area is 132 Å². The van der Waals surface area contributed by atoms with Crippen molar-refractivity contribution >= 4 is 5.91 Å². The van der Waals surface area contributed by atoms with Gasteiger partial charge in [0.2, 0.25) is 5.91 Å². The summed E-state index contributed by atoms with van der Waals surface area (Å²) in [5.41, 5.74) is 0.246. The first-order valence-corrected chi connectivity index (χ1v) is 7.59. The molecule has 1 aliphatic heterocycles. The molecule has 0 radical (unpaired) electrons. The molecule has 1 aromatic heterocycles. The lowest BCUT2D eigenvalue weighted by molar-refractivity contribution is -0.188. The Bertz CT molecular complexity index is 625. The van der Waals surface area contributed by atoms with Gasteiger partial charge in [0.05, 0.1) is 17.9 Å². The van der Waals surface area contributed by atoms with Gasteiger partial charge in [-0.15, -0.1) is 0 Å². The molecular weight excluding hydrogens is 311 g/mol. The maximum atomic E-state index is 12.8. The summed E-state index contributed by atoms with van der Waals surface area (Å²) in [7, 11) is 0. The molecule has 5 nitrogen and oxygen atoms in total. The number of hydrogen-bond donors (Lipinski definition) is 0. The van der Waals surface area contributed by atoms with Gasteiger partial charge in [-0.25, -0.2) is 4.98 Å². The largest absolute Gasteiger partial charge is 0.393 e. The number of halogens is 3. The standard InChI is InChI=1S/C15H20F3N3O2/c1-10(2)12-6-13(22)21(9-19-12)8-14(23)20-5-3-4-11(7-20)15(16,17)18/h6,9-11H,3-5,7-8H2,1-2H3. The number of hydrogen-bond acceptors (Lipinski definition) is 3. The summed E-state index contributed by atoms with van der Waals surface area (Å²) in [6.07, 6.45) is -2.66. The molecule has 1 unspecified atom stereocenters. The summed E-state index contributed by atoms with van der Waals surface area (Å²) in [6, 6.07) is 1.35. The highest BCUT2D eigenvalue weighted by Gasteiger charge is 2.42. The molecule has 0 aliphatic carbocycles. The molecule has 8 heteroatoms. The van der Waals surface area contributed by atoms with Gasteiger partial charge >= 0.3 is 6.18 Å². The second kappa shape index (κ2) is 6.72. The Morgan fingerprint density at radius 3 is 2.70 bits per heavy atom. The molecule has 1 amide bonds. The van der Waals surface area contributed by atoms with Crippen molar-refractivity contribution in [2.75, 3.05) is 13.1 Å². The molecule has 1 fully saturated rings. The van der Waals surface area contributed by atoms with Gasteiger partial charge in [0.15, 0.2) is 0 Å². The van der Waals surface area contributed by atoms with E-state index in [2.05, 4.69) is 4.98 Å². The zero-order valence-electron chi connectivity index (χ0n) is 13.1. The number of rotatable bonds is 3. The van der Waals surface area contributed by atoms with E-state index in [0.29, 0.717) is 12.1 Å². The SMILES string of the molecule is CC(C)c1cc(=O)n(CC(=O)N2CCCC(C(F)(F)F)C2)cn1. The van der Waals surface area contributed by atoms with Crippen LogP contribution in [-0.2, 0) is 11.3 Å². The molecule has 23 heavy (non-hydrogen) atoms. The Morgan fingerprint density at radius 1 is 1.43 bits per heavy atom. The Hall–Kier alpha value is -1.86. The lowest BCUT2D eigenvalue weighted by atomic mass is 9.97. The van der Waals surface area contributed by atoms with Crippen LogP contribution < -0.4 is 5.56 Å². The topological polar surface area (TPSA) is 55.2 Å². The average molecular weight is 331 g/mol. The lowest BCUT2D eigenvalue weighted by Gasteiger charge is -2.33. The van der Waals surface area contributed by atoms with Crippen molar-refractivity contribution in [1.82, 2.24) is 14.5 Å². The number of nitrogens with zero attached hydrogens (tertiary/aromatic N) is 3. The first-order valence-electron chi connectivity index (χ1n) is 7.59. The maximum absolute atomic E-state index is 12.8. The molecule has 2 rings (SSSR count). The summed E-state index contributed by atoms with van der Waals surface area (Å²) >= 11 is 0. The number of carbonyl (C=O) groups is 1. The average Bonchev–Trinajstić information content (AvgIpc) is 2.48. The molecule has 0 spiro atoms. The smallest absolute Gasteiger partial charge is 0.341 e. The fraction of sp³-hybridized carbons (Fsp3) is 0.667. The Kier molecular flexibility index (Phi) is 5.11. The van der Waals surface area contributed by atoms with Crippen molar-refractivity contribution < 1.29 is 18.0 Å². The molecule has 0 N–H and O–H groups in total. The van der Waals surface area contributed by atoms with Crippen molar-refractivity contribution in [3.8, 4) is 0 Å². The molecule has 1 aromatic rings. The quantitative estimate of drug-likeness (QED) is 0.853. The van der Waals surface area contributed by atoms with Crippen LogP contribution in [-0.4, -0.2) is 39.6 Å². The van der Waals surface area contributed by atoms with Crippen molar-refractivity contribution in [3.05, 3.63) is 28.4 Å². The fourth-order valence-corrected chi connectivity index (χ4v) is 2.59. The summed E-state index contributed by atoms with van der Waals surface area (Å²) < 4.78 is 39.5. The van der Waals surface area contributed by atoms with Crippen molar-refractivity contribution in [3.63, 3.8) is 0 Å². The minimum Gasteiger partial charge on any atom is -0.341 e. The molecule has 2 heterocycles. The second-order valence-electron chi connectivity index (χ2n) is 6.16. The van der Waals surface area contributed by atoms with Crippen LogP contribution in [0.2, 0.25) is 0 Å². The predicted molar refractivity (Wildman–Crippen MR) is 77.9 cm³/mol. The predicted octanol–water partition coefficient (Wildman–Crippen LogP) is 2.17. The molecular formula is C15H20F3N3O2. The normalized spacial score (nSPS) is 19.2. The minimum absolute atomic E-state index is 0.0396. The van der Waals surface area contributed by atoms with Crippen molar-refractivity contribution in [2.45, 2.75) is 45.3 Å². The van der Waals surface area contributed by atoms with Gasteiger partial charge < -0.3 is 4.90 Å². The van der Waals surface area contributed by atoms with Gasteiger partial charge in [-0.05, 0) is 18.8 Å². The highest BCUT2D eigenvalue weighted by Crippen LogP contribution is 2.33. The molecule has 0 aromatic carbocycles. The van der Waals surface area contributed by atoms with E-state index in [0.717, 1.165) is 4.57 Å². The van der Waals surface area contributed by atoms with E-state index in [1.165, 1.54) is 17.3 Å². The third kappa shape index (κ3) is 4.33. The van der Waals surface area contributed by atoms with E-state index in [-0.39, 0.29) is 37.5 Å². The Morgan fingerprint density at radius 2 is 2.13 bits per heavy atom. The first kappa shape index (κ1) is 17.5. The van der Waals surface area contributed by atoms with Crippen LogP contribution >= 0.6 is 0 Å². The van der Waals surface area contributed by atoms with E-state index >= 15 is 0 Å². The summed E-state index contributed by atoms with van der Waals surface area (Å²) in [6.45, 7) is 3.45. The summed E-state index contributed by atoms with van der Waals surface area (Å²) in [5, 5.41) is 0. The number of piperidine rings is 1. The summed E-state index contributed by atoms with van der Waals surface area (Å²) in [5.74, 6) is -1.89. The van der Waals surface area contributed by atoms with Crippen molar-refractivity contribution in [1.29, 1.82) is 0 Å². The van der Waals surface area contributed by atoms with Crippen LogP contribution in [0.5, 0.6) is 0 Å². The number of aromatic nitrogens is 2. The van der Waals surface area contributed by atoms with Crippen LogP contribution in [0.25, 0.3) is 0 Å². The van der Waals surface area contributed by atoms with E-state index in [1.807, 2.05) is 13.8 Å². The van der Waals surface area contributed by atoms with Crippen molar-refractivity contribution in [2.24, 2.45) is 5.92 Å². The van der Waals surface area contributed by atoms with Gasteiger partial charge in [0.1, 0.15) is 6.54 Å². The van der Waals surface area contributed by atoms with Gasteiger partial charge in [-0.1, -0.05) is 13.8 Å². The van der Waals surface area contributed by atoms with Gasteiger partial charge in [0.25, 0.3) is 5.56 Å². The molecule has 0 saturated carbocycles. The Balaban J connectivity index is 2.06. The monoisotopic (exact) mass is 331 g/mol. The van der Waals surface area contributed by atoms with Gasteiger partial charge in [-0.3, -0.25) is 14.2 Å². The number of amides is 1. The zero-order chi connectivity index (χ0) is 17.2. The molecule has 1 atom stereocenters. The van der Waals surface area contributed by atoms with Gasteiger partial charge in [-0.2, -0.15) is 13.2 Å². The zero-order valence-corrected chi connectivity index (χ0v) is 13.1. The molecule has 0 bridgehead atoms. The lowest BCUT2D eigenvalue weighted by Crippen LogP contribution is -2.46. The third-order valence-corrected chi connectivity index (χ3v) is 4.03. The van der Waals surface area contributed by atoms with Crippen LogP contribution in [0.1, 0.15) is 38.3 Å². The highest BCUT2D eigenvalue weighted by molar-refractivity contribution is 5.76. The number of alkyl halides is 3. The van der Waals surface area contributed by atoms with E-state index in [9.17, 15) is 22.8 Å². The van der Waals surface area contributed by atoms with Crippen LogP contribution in [0.4, 0.5) is 13.2 Å². The minimum atomic E-state index is -4.30. The molecule has 1 saturated heterocycles. The number of likely N-dealkylation sites (tertiary alicyclic amines) is 1. The third-order valence-electron chi connectivity index (χ3n) is 4.03. The first-order chi connectivity index (χ1) is 10.7. The maximum Gasteiger partial charge on any atom is 0.393 e. The van der Waals surface area contributed by atoms with E-state index in [1.54, 1.807) is 0 Å². The fourth-order valence-electron chi connectivity index (χ4n) is 2.59. The molecule has 128 valence electrons. The van der Waals surface area contributed by atoms with E-state index in [4.69, 9.17) is 0 Å². The van der Waals surface area contributed by atoms with Crippen LogP contribution in [0, 0.1) is 5.92 Å². The van der Waals surface area contributed by atoms with Crippen LogP contribution in [0.3, 0.4) is 0 Å². The van der Waals surface area contributed by atoms with Gasteiger partial charge in [0, 0.05) is 19.2 Å². The summed E-state index contributed by atoms with van der Waals surface area (Å²) in [4.78, 5) is 29.4. The molecule has 1 aliphatic rings. The number of carbonyl (C=O) groups excluding carboxylic acids is 1. The highest BCUT2D eigenvalue weighted by atomic mass is 19.4.